The van der Waals surface area contributed by atoms with Crippen LogP contribution in [0.1, 0.15) is 27.2 Å². The third-order valence-corrected chi connectivity index (χ3v) is 6.82. The Labute approximate surface area is 115 Å². The van der Waals surface area contributed by atoms with Gasteiger partial charge < -0.3 is 10.5 Å². The van der Waals surface area contributed by atoms with Gasteiger partial charge >= 0.3 is 0 Å². The molecule has 4 atom stereocenters. The Kier molecular flexibility index (Phi) is 3.21. The lowest BCUT2D eigenvalue weighted by Crippen LogP contribution is -2.78. The number of fused-ring (bicyclic) bond motifs is 1. The van der Waals surface area contributed by atoms with Crippen LogP contribution in [0.3, 0.4) is 0 Å². The van der Waals surface area contributed by atoms with E-state index in [4.69, 9.17) is 10.5 Å². The Bertz CT molecular complexity index is 336. The Morgan fingerprint density at radius 1 is 1.44 bits per heavy atom. The summed E-state index contributed by atoms with van der Waals surface area (Å²) >= 11 is 2.07. The zero-order valence-electron chi connectivity index (χ0n) is 11.8. The molecule has 0 spiro atoms. The van der Waals surface area contributed by atoms with E-state index in [1.54, 1.807) is 0 Å². The molecule has 0 aromatic heterocycles. The summed E-state index contributed by atoms with van der Waals surface area (Å²) in [7, 11) is 0. The molecule has 2 aliphatic heterocycles. The monoisotopic (exact) mass is 270 g/mol. The van der Waals surface area contributed by atoms with Gasteiger partial charge in [0.1, 0.15) is 0 Å². The Morgan fingerprint density at radius 3 is 2.94 bits per heavy atom. The first-order chi connectivity index (χ1) is 8.47. The second-order valence-electron chi connectivity index (χ2n) is 6.84. The molecule has 2 heterocycles. The number of hydrogen-bond donors (Lipinski definition) is 1. The Hall–Kier alpha value is 0.230. The van der Waals surface area contributed by atoms with Crippen molar-refractivity contribution in [1.82, 2.24) is 4.90 Å². The smallest absolute Gasteiger partial charge is 0.0691 e. The lowest BCUT2D eigenvalue weighted by Gasteiger charge is -2.64. The fourth-order valence-electron chi connectivity index (χ4n) is 4.13. The standard InChI is InChI=1S/C14H26N2OS/c1-10-8-18-7-5-16(10)9-14(15)11-4-6-17-12(11)13(14,2)3/h10-12H,4-9,15H2,1-3H3. The van der Waals surface area contributed by atoms with Crippen molar-refractivity contribution in [2.24, 2.45) is 17.1 Å². The summed E-state index contributed by atoms with van der Waals surface area (Å²) in [5.41, 5.74) is 6.90. The van der Waals surface area contributed by atoms with Gasteiger partial charge in [-0.05, 0) is 13.3 Å². The molecule has 1 aliphatic carbocycles. The third kappa shape index (κ3) is 1.69. The summed E-state index contributed by atoms with van der Waals surface area (Å²) in [6.07, 6.45) is 1.55. The minimum Gasteiger partial charge on any atom is -0.377 e. The molecule has 0 aromatic carbocycles. The largest absolute Gasteiger partial charge is 0.377 e. The van der Waals surface area contributed by atoms with Gasteiger partial charge in [0.2, 0.25) is 0 Å². The first-order valence-corrected chi connectivity index (χ1v) is 8.34. The third-order valence-electron chi connectivity index (χ3n) is 5.63. The highest BCUT2D eigenvalue weighted by molar-refractivity contribution is 7.99. The van der Waals surface area contributed by atoms with E-state index in [2.05, 4.69) is 37.4 Å². The predicted octanol–water partition coefficient (Wildman–Crippen LogP) is 1.57. The van der Waals surface area contributed by atoms with Crippen LogP contribution in [-0.4, -0.2) is 53.8 Å². The van der Waals surface area contributed by atoms with Crippen LogP contribution < -0.4 is 5.73 Å². The van der Waals surface area contributed by atoms with E-state index in [-0.39, 0.29) is 11.0 Å². The molecule has 0 amide bonds. The zero-order chi connectivity index (χ0) is 13.0. The Balaban J connectivity index is 1.74. The highest BCUT2D eigenvalue weighted by Gasteiger charge is 2.67. The molecule has 2 saturated heterocycles. The van der Waals surface area contributed by atoms with Gasteiger partial charge in [-0.2, -0.15) is 11.8 Å². The van der Waals surface area contributed by atoms with Crippen LogP contribution in [-0.2, 0) is 4.74 Å². The zero-order valence-corrected chi connectivity index (χ0v) is 12.6. The lowest BCUT2D eigenvalue weighted by molar-refractivity contribution is -0.164. The van der Waals surface area contributed by atoms with Crippen LogP contribution in [0.4, 0.5) is 0 Å². The molecular weight excluding hydrogens is 244 g/mol. The number of nitrogens with zero attached hydrogens (tertiary/aromatic N) is 1. The highest BCUT2D eigenvalue weighted by atomic mass is 32.2. The molecule has 3 fully saturated rings. The summed E-state index contributed by atoms with van der Waals surface area (Å²) < 4.78 is 5.88. The summed E-state index contributed by atoms with van der Waals surface area (Å²) in [4.78, 5) is 2.60. The minimum absolute atomic E-state index is 0.0512. The van der Waals surface area contributed by atoms with Crippen molar-refractivity contribution in [1.29, 1.82) is 0 Å². The van der Waals surface area contributed by atoms with Crippen LogP contribution >= 0.6 is 11.8 Å². The van der Waals surface area contributed by atoms with Crippen LogP contribution in [0.15, 0.2) is 0 Å². The van der Waals surface area contributed by atoms with Gasteiger partial charge in [-0.3, -0.25) is 4.90 Å². The number of ether oxygens (including phenoxy) is 1. The number of hydrogen-bond acceptors (Lipinski definition) is 4. The van der Waals surface area contributed by atoms with Crippen molar-refractivity contribution in [3.63, 3.8) is 0 Å². The predicted molar refractivity (Wildman–Crippen MR) is 76.9 cm³/mol. The molecule has 3 nitrogen and oxygen atoms in total. The molecule has 0 bridgehead atoms. The van der Waals surface area contributed by atoms with Crippen LogP contribution in [0.2, 0.25) is 0 Å². The van der Waals surface area contributed by atoms with Gasteiger partial charge in [0, 0.05) is 54.1 Å². The topological polar surface area (TPSA) is 38.5 Å². The van der Waals surface area contributed by atoms with E-state index >= 15 is 0 Å². The van der Waals surface area contributed by atoms with Gasteiger partial charge in [-0.15, -0.1) is 0 Å². The summed E-state index contributed by atoms with van der Waals surface area (Å²) in [5, 5.41) is 0. The van der Waals surface area contributed by atoms with Crippen molar-refractivity contribution in [2.75, 3.05) is 31.2 Å². The normalized spacial score (nSPS) is 47.7. The number of rotatable bonds is 2. The molecule has 18 heavy (non-hydrogen) atoms. The van der Waals surface area contributed by atoms with Crippen molar-refractivity contribution in [2.45, 2.75) is 44.9 Å². The molecule has 0 radical (unpaired) electrons. The van der Waals surface area contributed by atoms with E-state index in [9.17, 15) is 0 Å². The van der Waals surface area contributed by atoms with Crippen LogP contribution in [0, 0.1) is 11.3 Å². The molecule has 3 rings (SSSR count). The summed E-state index contributed by atoms with van der Waals surface area (Å²) in [6, 6.07) is 0.668. The fourth-order valence-corrected chi connectivity index (χ4v) is 5.21. The molecule has 104 valence electrons. The Morgan fingerprint density at radius 2 is 2.22 bits per heavy atom. The van der Waals surface area contributed by atoms with Crippen molar-refractivity contribution >= 4 is 11.8 Å². The molecular formula is C14H26N2OS. The maximum Gasteiger partial charge on any atom is 0.0691 e. The second-order valence-corrected chi connectivity index (χ2v) is 7.99. The molecule has 4 unspecified atom stereocenters. The van der Waals surface area contributed by atoms with Gasteiger partial charge in [0.15, 0.2) is 0 Å². The van der Waals surface area contributed by atoms with Crippen molar-refractivity contribution in [3.8, 4) is 0 Å². The van der Waals surface area contributed by atoms with Gasteiger partial charge in [0.05, 0.1) is 6.10 Å². The number of nitrogens with two attached hydrogens (primary N) is 1. The van der Waals surface area contributed by atoms with Crippen LogP contribution in [0.25, 0.3) is 0 Å². The van der Waals surface area contributed by atoms with E-state index in [0.717, 1.165) is 19.6 Å². The quantitative estimate of drug-likeness (QED) is 0.826. The molecule has 3 aliphatic rings. The minimum atomic E-state index is -0.0512. The van der Waals surface area contributed by atoms with E-state index in [1.165, 1.54) is 18.1 Å². The first kappa shape index (κ1) is 13.2. The molecule has 4 heteroatoms. The second kappa shape index (κ2) is 4.37. The van der Waals surface area contributed by atoms with E-state index in [0.29, 0.717) is 18.1 Å². The molecule has 2 N–H and O–H groups in total. The summed E-state index contributed by atoms with van der Waals surface area (Å²) in [5.74, 6) is 3.08. The maximum absolute atomic E-state index is 6.83. The SMILES string of the molecule is CC1CSCCN1CC1(N)C2CCOC2C1(C)C. The van der Waals surface area contributed by atoms with Crippen molar-refractivity contribution < 1.29 is 4.74 Å². The van der Waals surface area contributed by atoms with Crippen LogP contribution in [0.5, 0.6) is 0 Å². The maximum atomic E-state index is 6.83. The number of thioether (sulfide) groups is 1. The average Bonchev–Trinajstić information content (AvgIpc) is 2.80. The van der Waals surface area contributed by atoms with Gasteiger partial charge in [-0.25, -0.2) is 0 Å². The lowest BCUT2D eigenvalue weighted by atomic mass is 9.48. The van der Waals surface area contributed by atoms with Gasteiger partial charge in [0.25, 0.3) is 0 Å². The first-order valence-electron chi connectivity index (χ1n) is 7.19. The summed E-state index contributed by atoms with van der Waals surface area (Å²) in [6.45, 7) is 10.1. The van der Waals surface area contributed by atoms with E-state index < -0.39 is 0 Å². The van der Waals surface area contributed by atoms with Crippen molar-refractivity contribution in [3.05, 3.63) is 0 Å². The molecule has 1 saturated carbocycles. The van der Waals surface area contributed by atoms with E-state index in [1.807, 2.05) is 0 Å². The van der Waals surface area contributed by atoms with Gasteiger partial charge in [-0.1, -0.05) is 13.8 Å². The average molecular weight is 270 g/mol. The fraction of sp³-hybridized carbons (Fsp3) is 1.00. The highest BCUT2D eigenvalue weighted by Crippen LogP contribution is 2.58. The molecule has 0 aromatic rings.